The van der Waals surface area contributed by atoms with E-state index in [4.69, 9.17) is 5.11 Å². The first-order valence-corrected chi connectivity index (χ1v) is 8.18. The largest absolute Gasteiger partial charge is 0.480 e. The Morgan fingerprint density at radius 1 is 1.19 bits per heavy atom. The minimum absolute atomic E-state index is 0.159. The molecule has 0 heterocycles. The van der Waals surface area contributed by atoms with Crippen LogP contribution >= 0.6 is 0 Å². The molecule has 0 aliphatic rings. The molecule has 0 bridgehead atoms. The van der Waals surface area contributed by atoms with E-state index in [1.807, 2.05) is 0 Å². The van der Waals surface area contributed by atoms with Crippen LogP contribution in [0.5, 0.6) is 0 Å². The van der Waals surface area contributed by atoms with Crippen LogP contribution in [0.4, 0.5) is 0 Å². The molecule has 116 valence electrons. The third kappa shape index (κ3) is 5.18. The molecule has 0 saturated carbocycles. The highest BCUT2D eigenvalue weighted by Crippen LogP contribution is 2.12. The number of carbonyl (C=O) groups is 2. The molecule has 0 atom stereocenters. The number of carboxylic acid groups (broad SMARTS) is 1. The summed E-state index contributed by atoms with van der Waals surface area (Å²) in [5.74, 6) is -1.94. The van der Waals surface area contributed by atoms with Crippen molar-refractivity contribution >= 4 is 21.7 Å². The molecule has 0 saturated heterocycles. The molecule has 0 aromatic heterocycles. The Morgan fingerprint density at radius 3 is 2.24 bits per heavy atom. The van der Waals surface area contributed by atoms with Crippen molar-refractivity contribution in [2.24, 2.45) is 0 Å². The lowest BCUT2D eigenvalue weighted by atomic mass is 10.3. The van der Waals surface area contributed by atoms with Gasteiger partial charge in [0.1, 0.15) is 6.54 Å². The third-order valence-electron chi connectivity index (χ3n) is 2.94. The molecule has 0 radical (unpaired) electrons. The van der Waals surface area contributed by atoms with E-state index in [-0.39, 0.29) is 23.1 Å². The van der Waals surface area contributed by atoms with Crippen LogP contribution in [0.2, 0.25) is 0 Å². The van der Waals surface area contributed by atoms with E-state index < -0.39 is 28.3 Å². The number of aliphatic carboxylic acids is 1. The predicted octanol–water partition coefficient (Wildman–Crippen LogP) is 1.17. The molecule has 1 rings (SSSR count). The van der Waals surface area contributed by atoms with Crippen molar-refractivity contribution in [2.75, 3.05) is 12.3 Å². The molecule has 1 aromatic rings. The predicted molar refractivity (Wildman–Crippen MR) is 77.6 cm³/mol. The molecule has 0 unspecified atom stereocenters. The Labute approximate surface area is 124 Å². The SMILES string of the molecule is CC(C)N(CC(=O)O)C(=O)CCS(=O)(=O)c1ccccc1. The number of carbonyl (C=O) groups excluding carboxylic acids is 1. The molecular weight excluding hydrogens is 294 g/mol. The average Bonchev–Trinajstić information content (AvgIpc) is 2.43. The highest BCUT2D eigenvalue weighted by molar-refractivity contribution is 7.91. The molecule has 1 aromatic carbocycles. The molecule has 0 aliphatic heterocycles. The van der Waals surface area contributed by atoms with Crippen LogP contribution in [0.15, 0.2) is 35.2 Å². The van der Waals surface area contributed by atoms with Gasteiger partial charge in [-0.1, -0.05) is 18.2 Å². The van der Waals surface area contributed by atoms with Gasteiger partial charge < -0.3 is 10.0 Å². The molecular formula is C14H19NO5S. The van der Waals surface area contributed by atoms with Gasteiger partial charge in [-0.15, -0.1) is 0 Å². The summed E-state index contributed by atoms with van der Waals surface area (Å²) in [6, 6.07) is 7.57. The fourth-order valence-corrected chi connectivity index (χ4v) is 3.07. The lowest BCUT2D eigenvalue weighted by Gasteiger charge is -2.24. The number of rotatable bonds is 7. The summed E-state index contributed by atoms with van der Waals surface area (Å²) in [5, 5.41) is 8.78. The fraction of sp³-hybridized carbons (Fsp3) is 0.429. The number of amides is 1. The summed E-state index contributed by atoms with van der Waals surface area (Å²) < 4.78 is 24.1. The molecule has 1 N–H and O–H groups in total. The topological polar surface area (TPSA) is 91.8 Å². The molecule has 0 spiro atoms. The van der Waals surface area contributed by atoms with Gasteiger partial charge in [0, 0.05) is 12.5 Å². The zero-order valence-corrected chi connectivity index (χ0v) is 12.8. The van der Waals surface area contributed by atoms with Gasteiger partial charge in [0.2, 0.25) is 5.91 Å². The monoisotopic (exact) mass is 313 g/mol. The van der Waals surface area contributed by atoms with Crippen molar-refractivity contribution in [2.45, 2.75) is 31.2 Å². The summed E-state index contributed by atoms with van der Waals surface area (Å²) in [5.41, 5.74) is 0. The van der Waals surface area contributed by atoms with Gasteiger partial charge in [-0.2, -0.15) is 0 Å². The Bertz CT molecular complexity index is 595. The molecule has 21 heavy (non-hydrogen) atoms. The number of carboxylic acids is 1. The van der Waals surface area contributed by atoms with Crippen molar-refractivity contribution in [3.05, 3.63) is 30.3 Å². The quantitative estimate of drug-likeness (QED) is 0.816. The van der Waals surface area contributed by atoms with E-state index in [0.717, 1.165) is 4.90 Å². The van der Waals surface area contributed by atoms with E-state index in [2.05, 4.69) is 0 Å². The van der Waals surface area contributed by atoms with E-state index >= 15 is 0 Å². The van der Waals surface area contributed by atoms with E-state index in [9.17, 15) is 18.0 Å². The minimum atomic E-state index is -3.54. The normalized spacial score (nSPS) is 11.4. The number of sulfone groups is 1. The van der Waals surface area contributed by atoms with Crippen molar-refractivity contribution in [1.82, 2.24) is 4.90 Å². The number of hydrogen-bond acceptors (Lipinski definition) is 4. The maximum absolute atomic E-state index is 12.1. The van der Waals surface area contributed by atoms with Gasteiger partial charge in [-0.3, -0.25) is 9.59 Å². The van der Waals surface area contributed by atoms with Gasteiger partial charge in [0.25, 0.3) is 0 Å². The van der Waals surface area contributed by atoms with Crippen LogP contribution in [0, 0.1) is 0 Å². The van der Waals surface area contributed by atoms with Gasteiger partial charge in [0.05, 0.1) is 10.6 Å². The first-order valence-electron chi connectivity index (χ1n) is 6.53. The van der Waals surface area contributed by atoms with Crippen molar-refractivity contribution in [3.8, 4) is 0 Å². The Balaban J connectivity index is 2.73. The molecule has 6 nitrogen and oxygen atoms in total. The number of benzene rings is 1. The third-order valence-corrected chi connectivity index (χ3v) is 4.67. The maximum atomic E-state index is 12.1. The van der Waals surface area contributed by atoms with Crippen LogP contribution in [-0.2, 0) is 19.4 Å². The van der Waals surface area contributed by atoms with Gasteiger partial charge in [-0.25, -0.2) is 8.42 Å². The van der Waals surface area contributed by atoms with E-state index in [1.54, 1.807) is 32.0 Å². The smallest absolute Gasteiger partial charge is 0.323 e. The Morgan fingerprint density at radius 2 is 1.76 bits per heavy atom. The lowest BCUT2D eigenvalue weighted by molar-refractivity contribution is -0.145. The van der Waals surface area contributed by atoms with Crippen LogP contribution in [0.3, 0.4) is 0 Å². The van der Waals surface area contributed by atoms with Gasteiger partial charge in [0.15, 0.2) is 9.84 Å². The van der Waals surface area contributed by atoms with Crippen LogP contribution in [0.25, 0.3) is 0 Å². The second kappa shape index (κ2) is 7.21. The average molecular weight is 313 g/mol. The fourth-order valence-electron chi connectivity index (χ4n) is 1.82. The standard InChI is InChI=1S/C14H19NO5S/c1-11(2)15(10-14(17)18)13(16)8-9-21(19,20)12-6-4-3-5-7-12/h3-7,11H,8-10H2,1-2H3,(H,17,18). The Kier molecular flexibility index (Phi) is 5.90. The summed E-state index contributed by atoms with van der Waals surface area (Å²) in [6.45, 7) is 2.95. The number of nitrogens with zero attached hydrogens (tertiary/aromatic N) is 1. The molecule has 7 heteroatoms. The van der Waals surface area contributed by atoms with E-state index in [0.29, 0.717) is 0 Å². The van der Waals surface area contributed by atoms with Crippen LogP contribution in [0.1, 0.15) is 20.3 Å². The Hall–Kier alpha value is -1.89. The van der Waals surface area contributed by atoms with Gasteiger partial charge in [-0.05, 0) is 26.0 Å². The molecule has 0 aliphatic carbocycles. The van der Waals surface area contributed by atoms with Crippen LogP contribution < -0.4 is 0 Å². The van der Waals surface area contributed by atoms with Gasteiger partial charge >= 0.3 is 5.97 Å². The van der Waals surface area contributed by atoms with Crippen molar-refractivity contribution in [1.29, 1.82) is 0 Å². The maximum Gasteiger partial charge on any atom is 0.323 e. The second-order valence-corrected chi connectivity index (χ2v) is 7.00. The molecule has 0 fully saturated rings. The minimum Gasteiger partial charge on any atom is -0.480 e. The zero-order chi connectivity index (χ0) is 16.0. The van der Waals surface area contributed by atoms with E-state index in [1.165, 1.54) is 12.1 Å². The first-order chi connectivity index (χ1) is 9.74. The molecule has 1 amide bonds. The second-order valence-electron chi connectivity index (χ2n) is 4.89. The summed E-state index contributed by atoms with van der Waals surface area (Å²) >= 11 is 0. The summed E-state index contributed by atoms with van der Waals surface area (Å²) in [7, 11) is -3.54. The zero-order valence-electron chi connectivity index (χ0n) is 12.0. The summed E-state index contributed by atoms with van der Waals surface area (Å²) in [4.78, 5) is 24.0. The highest BCUT2D eigenvalue weighted by atomic mass is 32.2. The first kappa shape index (κ1) is 17.2. The van der Waals surface area contributed by atoms with Crippen molar-refractivity contribution < 1.29 is 23.1 Å². The van der Waals surface area contributed by atoms with Crippen LogP contribution in [-0.4, -0.2) is 48.6 Å². The lowest BCUT2D eigenvalue weighted by Crippen LogP contribution is -2.41. The summed E-state index contributed by atoms with van der Waals surface area (Å²) in [6.07, 6.45) is -0.233. The van der Waals surface area contributed by atoms with Crippen molar-refractivity contribution in [3.63, 3.8) is 0 Å². The number of hydrogen-bond donors (Lipinski definition) is 1. The highest BCUT2D eigenvalue weighted by Gasteiger charge is 2.22.